The number of amides is 1. The van der Waals surface area contributed by atoms with Gasteiger partial charge in [-0.05, 0) is 47.3 Å². The number of halogens is 2. The summed E-state index contributed by atoms with van der Waals surface area (Å²) in [6.45, 7) is 6.10. The van der Waals surface area contributed by atoms with Crippen LogP contribution >= 0.6 is 27.7 Å². The summed E-state index contributed by atoms with van der Waals surface area (Å²) in [5.74, 6) is -1.03. The summed E-state index contributed by atoms with van der Waals surface area (Å²) in [6, 6.07) is 2.85. The Morgan fingerprint density at radius 2 is 2.00 bits per heavy atom. The molecular weight excluding hydrogens is 397 g/mol. The molecule has 0 radical (unpaired) electrons. The number of rotatable bonds is 9. The van der Waals surface area contributed by atoms with E-state index in [9.17, 15) is 14.0 Å². The molecule has 1 aromatic carbocycles. The van der Waals surface area contributed by atoms with Crippen molar-refractivity contribution in [3.63, 3.8) is 0 Å². The van der Waals surface area contributed by atoms with Gasteiger partial charge in [-0.15, -0.1) is 11.8 Å². The summed E-state index contributed by atoms with van der Waals surface area (Å²) in [5, 5.41) is 2.19. The van der Waals surface area contributed by atoms with E-state index in [1.165, 1.54) is 17.8 Å². The summed E-state index contributed by atoms with van der Waals surface area (Å²) >= 11 is 4.61. The normalized spacial score (nSPS) is 11.9. The number of benzene rings is 1. The summed E-state index contributed by atoms with van der Waals surface area (Å²) in [7, 11) is 0. The largest absolute Gasteiger partial charge is 0.465 e. The van der Waals surface area contributed by atoms with E-state index in [1.54, 1.807) is 6.07 Å². The van der Waals surface area contributed by atoms with E-state index < -0.39 is 5.82 Å². The molecule has 7 heteroatoms. The third kappa shape index (κ3) is 6.43. The molecule has 0 aliphatic carbocycles. The fourth-order valence-corrected chi connectivity index (χ4v) is 3.49. The zero-order valence-corrected chi connectivity index (χ0v) is 16.6. The highest BCUT2D eigenvalue weighted by Gasteiger charge is 2.21. The lowest BCUT2D eigenvalue weighted by molar-refractivity contribution is -0.143. The van der Waals surface area contributed by atoms with Gasteiger partial charge < -0.3 is 10.1 Å². The van der Waals surface area contributed by atoms with Gasteiger partial charge in [-0.2, -0.15) is 0 Å². The Bertz CT molecular complexity index is 583. The van der Waals surface area contributed by atoms with Crippen molar-refractivity contribution >= 4 is 45.3 Å². The third-order valence-electron chi connectivity index (χ3n) is 3.12. The number of esters is 1. The number of nitrogens with one attached hydrogen (secondary N) is 1. The Morgan fingerprint density at radius 3 is 2.58 bits per heavy atom. The van der Waals surface area contributed by atoms with Gasteiger partial charge in [0.15, 0.2) is 0 Å². The quantitative estimate of drug-likeness (QED) is 0.444. The maximum atomic E-state index is 14.0. The van der Waals surface area contributed by atoms with E-state index in [4.69, 9.17) is 4.74 Å². The third-order valence-corrected chi connectivity index (χ3v) is 5.44. The van der Waals surface area contributed by atoms with Gasteiger partial charge in [-0.25, -0.2) is 4.39 Å². The predicted octanol–water partition coefficient (Wildman–Crippen LogP) is 5.15. The van der Waals surface area contributed by atoms with Gasteiger partial charge in [0.2, 0.25) is 5.91 Å². The highest BCUT2D eigenvalue weighted by molar-refractivity contribution is 9.10. The topological polar surface area (TPSA) is 55.4 Å². The van der Waals surface area contributed by atoms with Crippen LogP contribution in [0.5, 0.6) is 0 Å². The maximum Gasteiger partial charge on any atom is 0.319 e. The second-order valence-corrected chi connectivity index (χ2v) is 7.34. The van der Waals surface area contributed by atoms with Crippen LogP contribution in [0.1, 0.15) is 46.5 Å². The van der Waals surface area contributed by atoms with Crippen molar-refractivity contribution in [1.29, 1.82) is 0 Å². The molecule has 24 heavy (non-hydrogen) atoms. The molecule has 1 rings (SSSR count). The van der Waals surface area contributed by atoms with Gasteiger partial charge in [-0.3, -0.25) is 9.59 Å². The molecule has 1 aromatic rings. The lowest BCUT2D eigenvalue weighted by Gasteiger charge is -2.16. The molecule has 1 unspecified atom stereocenters. The number of hydrogen-bond acceptors (Lipinski definition) is 4. The van der Waals surface area contributed by atoms with Crippen molar-refractivity contribution in [2.75, 3.05) is 11.9 Å². The summed E-state index contributed by atoms with van der Waals surface area (Å²) < 4.78 is 19.8. The van der Waals surface area contributed by atoms with Crippen molar-refractivity contribution in [2.24, 2.45) is 0 Å². The van der Waals surface area contributed by atoms with E-state index in [2.05, 4.69) is 21.2 Å². The summed E-state index contributed by atoms with van der Waals surface area (Å²) in [4.78, 5) is 24.4. The Balaban J connectivity index is 2.93. The maximum absolute atomic E-state index is 14.0. The van der Waals surface area contributed by atoms with Crippen molar-refractivity contribution in [2.45, 2.75) is 56.6 Å². The molecule has 0 aliphatic heterocycles. The van der Waals surface area contributed by atoms with Crippen molar-refractivity contribution in [3.8, 4) is 0 Å². The molecule has 0 fully saturated rings. The van der Waals surface area contributed by atoms with Crippen LogP contribution in [-0.2, 0) is 14.3 Å². The standard InChI is InChI=1S/C17H23BrFNO3S/c1-4-7-16(21)20-13-10-15(11(18)9-12(13)19)24-14(6-3)17(22)23-8-5-2/h9-10,14H,4-8H2,1-3H3,(H,20,21). The second kappa shape index (κ2) is 10.7. The van der Waals surface area contributed by atoms with Crippen molar-refractivity contribution < 1.29 is 18.7 Å². The van der Waals surface area contributed by atoms with Crippen LogP contribution in [0.4, 0.5) is 10.1 Å². The first-order chi connectivity index (χ1) is 11.4. The Labute approximate surface area is 155 Å². The van der Waals surface area contributed by atoms with Crippen LogP contribution in [0, 0.1) is 5.82 Å². The Hall–Kier alpha value is -1.08. The number of carbonyl (C=O) groups is 2. The van der Waals surface area contributed by atoms with E-state index in [-0.39, 0.29) is 22.8 Å². The molecular formula is C17H23BrFNO3S. The molecule has 0 saturated heterocycles. The van der Waals surface area contributed by atoms with Gasteiger partial charge in [0.25, 0.3) is 0 Å². The average Bonchev–Trinajstić information content (AvgIpc) is 2.54. The molecule has 0 spiro atoms. The van der Waals surface area contributed by atoms with Crippen molar-refractivity contribution in [3.05, 3.63) is 22.4 Å². The van der Waals surface area contributed by atoms with Gasteiger partial charge in [0.05, 0.1) is 12.3 Å². The molecule has 0 aliphatic rings. The first-order valence-electron chi connectivity index (χ1n) is 8.05. The fourth-order valence-electron chi connectivity index (χ4n) is 1.90. The molecule has 1 N–H and O–H groups in total. The van der Waals surface area contributed by atoms with Crippen LogP contribution in [0.25, 0.3) is 0 Å². The van der Waals surface area contributed by atoms with Crippen LogP contribution < -0.4 is 5.32 Å². The minimum absolute atomic E-state index is 0.121. The first kappa shape index (κ1) is 21.0. The van der Waals surface area contributed by atoms with E-state index in [1.807, 2.05) is 20.8 Å². The SMILES string of the molecule is CCCOC(=O)C(CC)Sc1cc(NC(=O)CCC)c(F)cc1Br. The van der Waals surface area contributed by atoms with Crippen LogP contribution in [-0.4, -0.2) is 23.7 Å². The number of hydrogen-bond donors (Lipinski definition) is 1. The molecule has 0 bridgehead atoms. The number of carbonyl (C=O) groups excluding carboxylic acids is 2. The van der Waals surface area contributed by atoms with E-state index >= 15 is 0 Å². The van der Waals surface area contributed by atoms with Crippen molar-refractivity contribution in [1.82, 2.24) is 0 Å². The first-order valence-corrected chi connectivity index (χ1v) is 9.72. The number of thioether (sulfide) groups is 1. The zero-order chi connectivity index (χ0) is 18.1. The van der Waals surface area contributed by atoms with Gasteiger partial charge in [-0.1, -0.05) is 20.8 Å². The highest BCUT2D eigenvalue weighted by atomic mass is 79.9. The molecule has 134 valence electrons. The lowest BCUT2D eigenvalue weighted by Crippen LogP contribution is -2.20. The van der Waals surface area contributed by atoms with Crippen LogP contribution in [0.2, 0.25) is 0 Å². The van der Waals surface area contributed by atoms with Gasteiger partial charge in [0, 0.05) is 15.8 Å². The van der Waals surface area contributed by atoms with Crippen LogP contribution in [0.15, 0.2) is 21.5 Å². The molecule has 1 amide bonds. The highest BCUT2D eigenvalue weighted by Crippen LogP contribution is 2.36. The van der Waals surface area contributed by atoms with E-state index in [0.717, 1.165) is 6.42 Å². The summed E-state index contributed by atoms with van der Waals surface area (Å²) in [6.07, 6.45) is 2.38. The molecule has 4 nitrogen and oxygen atoms in total. The Morgan fingerprint density at radius 1 is 1.29 bits per heavy atom. The van der Waals surface area contributed by atoms with E-state index in [0.29, 0.717) is 35.2 Å². The number of ether oxygens (including phenoxy) is 1. The molecule has 0 saturated carbocycles. The second-order valence-electron chi connectivity index (χ2n) is 5.24. The lowest BCUT2D eigenvalue weighted by atomic mass is 10.2. The predicted molar refractivity (Wildman–Crippen MR) is 98.8 cm³/mol. The fraction of sp³-hybridized carbons (Fsp3) is 0.529. The van der Waals surface area contributed by atoms with Gasteiger partial charge >= 0.3 is 5.97 Å². The Kier molecular flexibility index (Phi) is 9.36. The van der Waals surface area contributed by atoms with Gasteiger partial charge in [0.1, 0.15) is 11.1 Å². The molecule has 1 atom stereocenters. The molecule has 0 heterocycles. The zero-order valence-electron chi connectivity index (χ0n) is 14.2. The monoisotopic (exact) mass is 419 g/mol. The number of anilines is 1. The minimum atomic E-state index is -0.516. The summed E-state index contributed by atoms with van der Waals surface area (Å²) in [5.41, 5.74) is 0.121. The smallest absolute Gasteiger partial charge is 0.319 e. The minimum Gasteiger partial charge on any atom is -0.465 e. The average molecular weight is 420 g/mol. The van der Waals surface area contributed by atoms with Crippen LogP contribution in [0.3, 0.4) is 0 Å². The molecule has 0 aromatic heterocycles.